The quantitative estimate of drug-likeness (QED) is 0.867. The summed E-state index contributed by atoms with van der Waals surface area (Å²) in [6, 6.07) is 9.43. The monoisotopic (exact) mass is 316 g/mol. The maximum absolute atomic E-state index is 12.4. The molecule has 122 valence electrons. The van der Waals surface area contributed by atoms with Crippen molar-refractivity contribution in [1.29, 1.82) is 0 Å². The van der Waals surface area contributed by atoms with Crippen LogP contribution in [0.15, 0.2) is 41.7 Å². The van der Waals surface area contributed by atoms with Crippen LogP contribution in [0.1, 0.15) is 44.1 Å². The van der Waals surface area contributed by atoms with E-state index < -0.39 is 11.8 Å². The van der Waals surface area contributed by atoms with Gasteiger partial charge in [0.05, 0.1) is 6.61 Å². The number of carbonyl (C=O) groups excluding carboxylic acids is 2. The summed E-state index contributed by atoms with van der Waals surface area (Å²) in [5.74, 6) is -2.73. The third-order valence-corrected chi connectivity index (χ3v) is 4.33. The molecule has 1 unspecified atom stereocenters. The van der Waals surface area contributed by atoms with Gasteiger partial charge in [0.25, 0.3) is 0 Å². The normalized spacial score (nSPS) is 27.2. The van der Waals surface area contributed by atoms with E-state index in [1.165, 1.54) is 0 Å². The molecule has 0 saturated heterocycles. The molecule has 5 nitrogen and oxygen atoms in total. The van der Waals surface area contributed by atoms with Crippen molar-refractivity contribution >= 4 is 11.8 Å². The Morgan fingerprint density at radius 1 is 1.35 bits per heavy atom. The Morgan fingerprint density at radius 2 is 2.09 bits per heavy atom. The first-order valence-corrected chi connectivity index (χ1v) is 7.95. The fraction of sp³-hybridized carbons (Fsp3) is 0.444. The molecule has 0 bridgehead atoms. The Morgan fingerprint density at radius 3 is 2.78 bits per heavy atom. The third-order valence-electron chi connectivity index (χ3n) is 4.33. The zero-order valence-corrected chi connectivity index (χ0v) is 13.1. The van der Waals surface area contributed by atoms with E-state index in [9.17, 15) is 14.7 Å². The molecule has 0 radical (unpaired) electrons. The van der Waals surface area contributed by atoms with E-state index >= 15 is 0 Å². The van der Waals surface area contributed by atoms with Crippen molar-refractivity contribution in [2.75, 3.05) is 6.61 Å². The first-order chi connectivity index (χ1) is 11.0. The van der Waals surface area contributed by atoms with Crippen molar-refractivity contribution in [2.24, 2.45) is 0 Å². The molecule has 1 aromatic rings. The second-order valence-electron chi connectivity index (χ2n) is 5.89. The van der Waals surface area contributed by atoms with Crippen molar-refractivity contribution in [2.45, 2.75) is 44.3 Å². The van der Waals surface area contributed by atoms with E-state index in [-0.39, 0.29) is 24.7 Å². The molecular weight excluding hydrogens is 296 g/mol. The van der Waals surface area contributed by atoms with E-state index in [2.05, 4.69) is 0 Å². The number of rotatable bonds is 3. The van der Waals surface area contributed by atoms with Crippen LogP contribution < -0.4 is 0 Å². The molecule has 0 saturated carbocycles. The number of esters is 1. The van der Waals surface area contributed by atoms with Gasteiger partial charge < -0.3 is 14.6 Å². The topological polar surface area (TPSA) is 72.8 Å². The number of Topliss-reactive ketones (excluding diaryl/α,β-unsaturated/α-hetero) is 1. The van der Waals surface area contributed by atoms with Gasteiger partial charge in [0.15, 0.2) is 5.78 Å². The van der Waals surface area contributed by atoms with Crippen LogP contribution in [0.5, 0.6) is 0 Å². The van der Waals surface area contributed by atoms with Gasteiger partial charge in [-0.05, 0) is 18.9 Å². The van der Waals surface area contributed by atoms with E-state index in [1.807, 2.05) is 30.3 Å². The molecule has 0 amide bonds. The van der Waals surface area contributed by atoms with Gasteiger partial charge in [-0.1, -0.05) is 30.3 Å². The average molecular weight is 316 g/mol. The van der Waals surface area contributed by atoms with Crippen LogP contribution in [0, 0.1) is 0 Å². The largest absolute Gasteiger partial charge is 0.461 e. The number of hydrogen-bond donors (Lipinski definition) is 1. The molecule has 1 N–H and O–H groups in total. The summed E-state index contributed by atoms with van der Waals surface area (Å²) in [4.78, 5) is 24.5. The van der Waals surface area contributed by atoms with Gasteiger partial charge in [-0.3, -0.25) is 4.79 Å². The molecule has 1 aliphatic heterocycles. The lowest BCUT2D eigenvalue weighted by molar-refractivity contribution is -0.224. The molecule has 0 spiro atoms. The highest BCUT2D eigenvalue weighted by atomic mass is 16.7. The van der Waals surface area contributed by atoms with Gasteiger partial charge in [0, 0.05) is 30.8 Å². The van der Waals surface area contributed by atoms with Crippen molar-refractivity contribution in [3.63, 3.8) is 0 Å². The second kappa shape index (κ2) is 6.16. The lowest BCUT2D eigenvalue weighted by Crippen LogP contribution is -2.48. The van der Waals surface area contributed by atoms with Crippen molar-refractivity contribution < 1.29 is 24.2 Å². The van der Waals surface area contributed by atoms with Crippen LogP contribution in [0.2, 0.25) is 0 Å². The van der Waals surface area contributed by atoms with Crippen molar-refractivity contribution in [3.05, 3.63) is 47.2 Å². The van der Waals surface area contributed by atoms with Gasteiger partial charge in [0.2, 0.25) is 0 Å². The minimum Gasteiger partial charge on any atom is -0.461 e. The van der Waals surface area contributed by atoms with Gasteiger partial charge in [-0.25, -0.2) is 4.79 Å². The summed E-state index contributed by atoms with van der Waals surface area (Å²) in [6.07, 6.45) is 1.67. The Bertz CT molecular complexity index is 649. The highest BCUT2D eigenvalue weighted by Gasteiger charge is 2.50. The fourth-order valence-corrected chi connectivity index (χ4v) is 3.29. The molecule has 3 rings (SSSR count). The molecular formula is C18H20O5. The molecule has 0 fully saturated rings. The zero-order chi connectivity index (χ0) is 16.4. The van der Waals surface area contributed by atoms with E-state index in [1.54, 1.807) is 6.92 Å². The van der Waals surface area contributed by atoms with E-state index in [4.69, 9.17) is 9.47 Å². The average Bonchev–Trinajstić information content (AvgIpc) is 2.55. The molecule has 2 atom stereocenters. The fourth-order valence-electron chi connectivity index (χ4n) is 3.29. The van der Waals surface area contributed by atoms with Gasteiger partial charge in [0.1, 0.15) is 5.76 Å². The predicted molar refractivity (Wildman–Crippen MR) is 82.4 cm³/mol. The molecule has 1 aliphatic carbocycles. The number of benzene rings is 1. The minimum atomic E-state index is -2.03. The van der Waals surface area contributed by atoms with Crippen molar-refractivity contribution in [1.82, 2.24) is 0 Å². The summed E-state index contributed by atoms with van der Waals surface area (Å²) < 4.78 is 10.5. The highest BCUT2D eigenvalue weighted by molar-refractivity contribution is 5.98. The lowest BCUT2D eigenvalue weighted by Gasteiger charge is -2.39. The number of ketones is 1. The van der Waals surface area contributed by atoms with Crippen LogP contribution in [-0.2, 0) is 19.1 Å². The molecule has 0 aromatic heterocycles. The Hall–Kier alpha value is -2.14. The van der Waals surface area contributed by atoms with E-state index in [0.29, 0.717) is 30.6 Å². The summed E-state index contributed by atoms with van der Waals surface area (Å²) in [5.41, 5.74) is 1.48. The van der Waals surface area contributed by atoms with Crippen LogP contribution in [0.25, 0.3) is 0 Å². The summed E-state index contributed by atoms with van der Waals surface area (Å²) >= 11 is 0. The predicted octanol–water partition coefficient (Wildman–Crippen LogP) is 2.45. The number of carbonyl (C=O) groups is 2. The Balaban J connectivity index is 2.04. The highest BCUT2D eigenvalue weighted by Crippen LogP contribution is 2.45. The van der Waals surface area contributed by atoms with Crippen LogP contribution >= 0.6 is 0 Å². The smallest absolute Gasteiger partial charge is 0.379 e. The van der Waals surface area contributed by atoms with Gasteiger partial charge >= 0.3 is 11.8 Å². The minimum absolute atomic E-state index is 0.0135. The van der Waals surface area contributed by atoms with Gasteiger partial charge in [-0.15, -0.1) is 0 Å². The first kappa shape index (κ1) is 15.7. The standard InChI is InChI=1S/C18H20O5/c1-2-22-17(20)18(21)11-13(12-7-4-3-5-8-12)16-14(19)9-6-10-15(16)23-18/h3-5,7-8,13,21H,2,6,9-11H2,1H3/t13-,18?/m0/s1. The lowest BCUT2D eigenvalue weighted by atomic mass is 9.77. The maximum atomic E-state index is 12.4. The summed E-state index contributed by atoms with van der Waals surface area (Å²) in [6.45, 7) is 1.83. The zero-order valence-electron chi connectivity index (χ0n) is 13.1. The molecule has 5 heteroatoms. The van der Waals surface area contributed by atoms with Crippen molar-refractivity contribution in [3.8, 4) is 0 Å². The Kier molecular flexibility index (Phi) is 4.22. The first-order valence-electron chi connectivity index (χ1n) is 7.95. The summed E-state index contributed by atoms with van der Waals surface area (Å²) in [5, 5.41) is 10.7. The molecule has 1 heterocycles. The number of hydrogen-bond acceptors (Lipinski definition) is 5. The molecule has 1 aromatic carbocycles. The number of aliphatic hydroxyl groups is 1. The SMILES string of the molecule is CCOC(=O)C1(O)C[C@@H](c2ccccc2)C2=C(CCCC2=O)O1. The third kappa shape index (κ3) is 2.88. The number of allylic oxidation sites excluding steroid dienone is 2. The van der Waals surface area contributed by atoms with Gasteiger partial charge in [-0.2, -0.15) is 0 Å². The van der Waals surface area contributed by atoms with Crippen LogP contribution in [0.4, 0.5) is 0 Å². The Labute approximate surface area is 134 Å². The second-order valence-corrected chi connectivity index (χ2v) is 5.89. The van der Waals surface area contributed by atoms with E-state index in [0.717, 1.165) is 5.56 Å². The molecule has 2 aliphatic rings. The van der Waals surface area contributed by atoms with Crippen LogP contribution in [0.3, 0.4) is 0 Å². The van der Waals surface area contributed by atoms with Crippen LogP contribution in [-0.4, -0.2) is 29.3 Å². The maximum Gasteiger partial charge on any atom is 0.379 e. The number of ether oxygens (including phenoxy) is 2. The summed E-state index contributed by atoms with van der Waals surface area (Å²) in [7, 11) is 0. The molecule has 23 heavy (non-hydrogen) atoms.